The number of piperidine rings is 1. The summed E-state index contributed by atoms with van der Waals surface area (Å²) in [5, 5.41) is 3.14. The van der Waals surface area contributed by atoms with Gasteiger partial charge in [0.2, 0.25) is 5.91 Å². The van der Waals surface area contributed by atoms with Crippen molar-refractivity contribution >= 4 is 36.4 Å². The van der Waals surface area contributed by atoms with Crippen LogP contribution in [0.3, 0.4) is 0 Å². The SMILES string of the molecule is CC1CCN(C(CNC(=O)Cc2ccc(N)cc2)c2ccccc2)CC1.Cl.Cl. The van der Waals surface area contributed by atoms with Gasteiger partial charge in [-0.3, -0.25) is 9.69 Å². The van der Waals surface area contributed by atoms with E-state index in [9.17, 15) is 4.79 Å². The fourth-order valence-electron chi connectivity index (χ4n) is 3.57. The Morgan fingerprint density at radius 2 is 1.68 bits per heavy atom. The highest BCUT2D eigenvalue weighted by Gasteiger charge is 2.24. The summed E-state index contributed by atoms with van der Waals surface area (Å²) in [6.45, 7) is 5.15. The molecule has 1 atom stereocenters. The Labute approximate surface area is 180 Å². The van der Waals surface area contributed by atoms with Crippen molar-refractivity contribution in [1.29, 1.82) is 0 Å². The second-order valence-electron chi connectivity index (χ2n) is 7.37. The quantitative estimate of drug-likeness (QED) is 0.682. The van der Waals surface area contributed by atoms with E-state index in [0.717, 1.165) is 30.3 Å². The molecule has 1 unspecified atom stereocenters. The molecule has 0 spiro atoms. The van der Waals surface area contributed by atoms with Crippen LogP contribution in [0, 0.1) is 5.92 Å². The van der Waals surface area contributed by atoms with Gasteiger partial charge >= 0.3 is 0 Å². The zero-order chi connectivity index (χ0) is 18.4. The summed E-state index contributed by atoms with van der Waals surface area (Å²) < 4.78 is 0. The van der Waals surface area contributed by atoms with Crippen molar-refractivity contribution < 1.29 is 4.79 Å². The minimum Gasteiger partial charge on any atom is -0.399 e. The molecule has 1 aliphatic rings. The van der Waals surface area contributed by atoms with Crippen molar-refractivity contribution in [2.45, 2.75) is 32.2 Å². The van der Waals surface area contributed by atoms with Gasteiger partial charge in [0.1, 0.15) is 0 Å². The molecule has 1 fully saturated rings. The molecule has 1 amide bonds. The van der Waals surface area contributed by atoms with Gasteiger partial charge in [-0.1, -0.05) is 49.4 Å². The Balaban J connectivity index is 0.00000196. The topological polar surface area (TPSA) is 58.4 Å². The molecule has 3 rings (SSSR count). The van der Waals surface area contributed by atoms with Crippen LogP contribution in [-0.4, -0.2) is 30.4 Å². The van der Waals surface area contributed by atoms with E-state index in [1.165, 1.54) is 18.4 Å². The lowest BCUT2D eigenvalue weighted by Gasteiger charge is -2.37. The van der Waals surface area contributed by atoms with Crippen molar-refractivity contribution in [1.82, 2.24) is 10.2 Å². The number of nitrogens with two attached hydrogens (primary N) is 1. The van der Waals surface area contributed by atoms with Crippen molar-refractivity contribution in [3.05, 3.63) is 65.7 Å². The summed E-state index contributed by atoms with van der Waals surface area (Å²) in [4.78, 5) is 14.9. The monoisotopic (exact) mass is 423 g/mol. The van der Waals surface area contributed by atoms with Crippen LogP contribution >= 0.6 is 24.8 Å². The number of benzene rings is 2. The minimum absolute atomic E-state index is 0. The third-order valence-corrected chi connectivity index (χ3v) is 5.28. The van der Waals surface area contributed by atoms with Gasteiger partial charge in [-0.05, 0) is 55.1 Å². The predicted octanol–water partition coefficient (Wildman–Crippen LogP) is 4.24. The fraction of sp³-hybridized carbons (Fsp3) is 0.409. The smallest absolute Gasteiger partial charge is 0.224 e. The summed E-state index contributed by atoms with van der Waals surface area (Å²) in [6, 6.07) is 18.2. The Morgan fingerprint density at radius 3 is 2.29 bits per heavy atom. The molecule has 2 aromatic rings. The summed E-state index contributed by atoms with van der Waals surface area (Å²) in [7, 11) is 0. The van der Waals surface area contributed by atoms with Crippen molar-refractivity contribution in [2.75, 3.05) is 25.4 Å². The number of rotatable bonds is 6. The maximum Gasteiger partial charge on any atom is 0.224 e. The van der Waals surface area contributed by atoms with Gasteiger partial charge < -0.3 is 11.1 Å². The van der Waals surface area contributed by atoms with E-state index in [-0.39, 0.29) is 36.8 Å². The number of nitrogens with zero attached hydrogens (tertiary/aromatic N) is 1. The molecule has 1 heterocycles. The summed E-state index contributed by atoms with van der Waals surface area (Å²) in [6.07, 6.45) is 2.84. The standard InChI is InChI=1S/C22H29N3O.2ClH/c1-17-11-13-25(14-12-17)21(19-5-3-2-4-6-19)16-24-22(26)15-18-7-9-20(23)10-8-18;;/h2-10,17,21H,11-16,23H2,1H3,(H,24,26);2*1H. The number of carbonyl (C=O) groups excluding carboxylic acids is 1. The average molecular weight is 424 g/mol. The van der Waals surface area contributed by atoms with Crippen LogP contribution < -0.4 is 11.1 Å². The van der Waals surface area contributed by atoms with Gasteiger partial charge in [-0.25, -0.2) is 0 Å². The highest BCUT2D eigenvalue weighted by molar-refractivity contribution is 5.85. The van der Waals surface area contributed by atoms with Crippen LogP contribution in [0.5, 0.6) is 0 Å². The first-order valence-corrected chi connectivity index (χ1v) is 9.52. The first kappa shape index (κ1) is 24.3. The van der Waals surface area contributed by atoms with Crippen LogP contribution in [0.2, 0.25) is 0 Å². The van der Waals surface area contributed by atoms with Gasteiger partial charge in [0.25, 0.3) is 0 Å². The molecule has 154 valence electrons. The van der Waals surface area contributed by atoms with E-state index in [0.29, 0.717) is 13.0 Å². The largest absolute Gasteiger partial charge is 0.399 e. The third kappa shape index (κ3) is 7.01. The molecule has 1 aliphatic heterocycles. The molecule has 0 aromatic heterocycles. The van der Waals surface area contributed by atoms with Crippen LogP contribution in [-0.2, 0) is 11.2 Å². The molecule has 2 aromatic carbocycles. The molecule has 6 heteroatoms. The van der Waals surface area contributed by atoms with Gasteiger partial charge in [0.15, 0.2) is 0 Å². The molecule has 1 saturated heterocycles. The molecule has 4 nitrogen and oxygen atoms in total. The number of hydrogen-bond donors (Lipinski definition) is 2. The second-order valence-corrected chi connectivity index (χ2v) is 7.37. The van der Waals surface area contributed by atoms with Gasteiger partial charge in [-0.15, -0.1) is 24.8 Å². The summed E-state index contributed by atoms with van der Waals surface area (Å²) >= 11 is 0. The molecular formula is C22H31Cl2N3O. The lowest BCUT2D eigenvalue weighted by molar-refractivity contribution is -0.120. The van der Waals surface area contributed by atoms with Crippen molar-refractivity contribution in [3.63, 3.8) is 0 Å². The molecule has 0 saturated carbocycles. The Morgan fingerprint density at radius 1 is 1.07 bits per heavy atom. The molecule has 0 bridgehead atoms. The third-order valence-electron chi connectivity index (χ3n) is 5.28. The highest BCUT2D eigenvalue weighted by atomic mass is 35.5. The van der Waals surface area contributed by atoms with E-state index < -0.39 is 0 Å². The molecule has 0 radical (unpaired) electrons. The Hall–Kier alpha value is -1.75. The summed E-state index contributed by atoms with van der Waals surface area (Å²) in [5.74, 6) is 0.851. The Bertz CT molecular complexity index is 701. The normalized spacial score (nSPS) is 15.8. The Kier molecular flexibility index (Phi) is 10.4. The van der Waals surface area contributed by atoms with Crippen LogP contribution in [0.1, 0.15) is 36.9 Å². The first-order chi connectivity index (χ1) is 12.6. The van der Waals surface area contributed by atoms with E-state index in [2.05, 4.69) is 41.4 Å². The lowest BCUT2D eigenvalue weighted by Crippen LogP contribution is -2.42. The number of hydrogen-bond acceptors (Lipinski definition) is 3. The number of anilines is 1. The second kappa shape index (κ2) is 11.9. The molecule has 3 N–H and O–H groups in total. The van der Waals surface area contributed by atoms with Crippen molar-refractivity contribution in [3.8, 4) is 0 Å². The average Bonchev–Trinajstić information content (AvgIpc) is 2.66. The lowest BCUT2D eigenvalue weighted by atomic mass is 9.95. The predicted molar refractivity (Wildman–Crippen MR) is 121 cm³/mol. The first-order valence-electron chi connectivity index (χ1n) is 9.52. The zero-order valence-corrected chi connectivity index (χ0v) is 18.0. The van der Waals surface area contributed by atoms with E-state index in [1.54, 1.807) is 0 Å². The number of nitrogens with one attached hydrogen (secondary N) is 1. The minimum atomic E-state index is 0. The van der Waals surface area contributed by atoms with Crippen LogP contribution in [0.4, 0.5) is 5.69 Å². The number of likely N-dealkylation sites (tertiary alicyclic amines) is 1. The van der Waals surface area contributed by atoms with Gasteiger partial charge in [0, 0.05) is 12.2 Å². The summed E-state index contributed by atoms with van der Waals surface area (Å²) in [5.41, 5.74) is 8.69. The van der Waals surface area contributed by atoms with Crippen LogP contribution in [0.15, 0.2) is 54.6 Å². The van der Waals surface area contributed by atoms with Crippen LogP contribution in [0.25, 0.3) is 0 Å². The molecule has 28 heavy (non-hydrogen) atoms. The number of amides is 1. The maximum atomic E-state index is 12.4. The molecule has 0 aliphatic carbocycles. The van der Waals surface area contributed by atoms with E-state index in [1.807, 2.05) is 30.3 Å². The zero-order valence-electron chi connectivity index (χ0n) is 16.3. The maximum absolute atomic E-state index is 12.4. The fourth-order valence-corrected chi connectivity index (χ4v) is 3.57. The van der Waals surface area contributed by atoms with Gasteiger partial charge in [-0.2, -0.15) is 0 Å². The number of nitrogen functional groups attached to an aromatic ring is 1. The highest BCUT2D eigenvalue weighted by Crippen LogP contribution is 2.26. The van der Waals surface area contributed by atoms with E-state index in [4.69, 9.17) is 5.73 Å². The van der Waals surface area contributed by atoms with E-state index >= 15 is 0 Å². The molecular weight excluding hydrogens is 393 g/mol. The van der Waals surface area contributed by atoms with Crippen molar-refractivity contribution in [2.24, 2.45) is 5.92 Å². The number of carbonyl (C=O) groups is 1. The number of halogens is 2. The van der Waals surface area contributed by atoms with Gasteiger partial charge in [0.05, 0.1) is 12.5 Å².